The fraction of sp³-hybridized carbons (Fsp3) is 0.462. The molecule has 0 radical (unpaired) electrons. The number of hydrogen-bond donors (Lipinski definition) is 2. The number of piperidine rings is 1. The Labute approximate surface area is 116 Å². The molecule has 7 nitrogen and oxygen atoms in total. The first-order chi connectivity index (χ1) is 9.79. The number of rotatable bonds is 4. The number of hydrogen-bond acceptors (Lipinski definition) is 4. The first-order valence-corrected chi connectivity index (χ1v) is 6.51. The molecular weight excluding hydrogens is 258 g/mol. The van der Waals surface area contributed by atoms with Crippen molar-refractivity contribution in [2.24, 2.45) is 5.11 Å². The van der Waals surface area contributed by atoms with Crippen LogP contribution in [0.3, 0.4) is 0 Å². The molecule has 1 aliphatic heterocycles. The molecule has 1 saturated heterocycles. The number of benzene rings is 1. The van der Waals surface area contributed by atoms with E-state index in [1.807, 2.05) is 30.3 Å². The van der Waals surface area contributed by atoms with Gasteiger partial charge in [-0.2, -0.15) is 0 Å². The largest absolute Gasteiger partial charge is 0.445 e. The zero-order chi connectivity index (χ0) is 14.2. The monoisotopic (exact) mass is 275 g/mol. The molecule has 7 heteroatoms. The maximum atomic E-state index is 11.7. The lowest BCUT2D eigenvalue weighted by Gasteiger charge is -2.29. The molecule has 20 heavy (non-hydrogen) atoms. The summed E-state index contributed by atoms with van der Waals surface area (Å²) in [5.74, 6) is 0. The van der Waals surface area contributed by atoms with Crippen LogP contribution in [0.25, 0.3) is 10.4 Å². The van der Waals surface area contributed by atoms with Crippen molar-refractivity contribution in [1.82, 2.24) is 10.6 Å². The molecule has 0 bridgehead atoms. The molecule has 1 amide bonds. The van der Waals surface area contributed by atoms with E-state index in [1.165, 1.54) is 0 Å². The minimum absolute atomic E-state index is 0.185. The standard InChI is InChI=1S/C13H17N5O2/c14-18-17-12-8-15-7-6-11(12)16-13(19)20-9-10-4-2-1-3-5-10/h1-5,11-12,15H,6-9H2,(H,16,19). The van der Waals surface area contributed by atoms with Crippen LogP contribution in [-0.4, -0.2) is 31.3 Å². The first kappa shape index (κ1) is 14.2. The highest BCUT2D eigenvalue weighted by atomic mass is 16.5. The molecule has 2 atom stereocenters. The Balaban J connectivity index is 1.82. The minimum atomic E-state index is -0.487. The molecule has 1 fully saturated rings. The van der Waals surface area contributed by atoms with Crippen LogP contribution < -0.4 is 10.6 Å². The Morgan fingerprint density at radius 1 is 1.50 bits per heavy atom. The van der Waals surface area contributed by atoms with Gasteiger partial charge in [0.1, 0.15) is 6.61 Å². The highest BCUT2D eigenvalue weighted by molar-refractivity contribution is 5.67. The summed E-state index contributed by atoms with van der Waals surface area (Å²) >= 11 is 0. The average molecular weight is 275 g/mol. The van der Waals surface area contributed by atoms with Crippen LogP contribution in [0.15, 0.2) is 35.4 Å². The number of carbonyl (C=O) groups is 1. The topological polar surface area (TPSA) is 99.1 Å². The normalized spacial score (nSPS) is 21.6. The lowest BCUT2D eigenvalue weighted by atomic mass is 10.0. The zero-order valence-corrected chi connectivity index (χ0v) is 11.0. The second-order valence-corrected chi connectivity index (χ2v) is 4.58. The van der Waals surface area contributed by atoms with Gasteiger partial charge in [-0.3, -0.25) is 0 Å². The molecule has 0 saturated carbocycles. The van der Waals surface area contributed by atoms with Crippen molar-refractivity contribution in [3.63, 3.8) is 0 Å². The first-order valence-electron chi connectivity index (χ1n) is 6.51. The Kier molecular flexibility index (Phi) is 5.23. The number of ether oxygens (including phenoxy) is 1. The van der Waals surface area contributed by atoms with E-state index in [4.69, 9.17) is 10.3 Å². The van der Waals surface area contributed by atoms with Gasteiger partial charge in [-0.25, -0.2) is 4.79 Å². The number of carbonyl (C=O) groups excluding carboxylic acids is 1. The third-order valence-corrected chi connectivity index (χ3v) is 3.17. The van der Waals surface area contributed by atoms with Crippen LogP contribution in [0, 0.1) is 0 Å². The summed E-state index contributed by atoms with van der Waals surface area (Å²) in [6.45, 7) is 1.57. The van der Waals surface area contributed by atoms with Crippen molar-refractivity contribution in [2.45, 2.75) is 25.1 Å². The molecule has 1 aliphatic rings. The van der Waals surface area contributed by atoms with Crippen LogP contribution in [-0.2, 0) is 11.3 Å². The van der Waals surface area contributed by atoms with Gasteiger partial charge >= 0.3 is 6.09 Å². The molecule has 106 valence electrons. The van der Waals surface area contributed by atoms with Crippen molar-refractivity contribution in [3.05, 3.63) is 46.3 Å². The Bertz CT molecular complexity index is 487. The number of nitrogens with zero attached hydrogens (tertiary/aromatic N) is 3. The van der Waals surface area contributed by atoms with E-state index in [0.29, 0.717) is 13.0 Å². The van der Waals surface area contributed by atoms with Gasteiger partial charge in [-0.15, -0.1) is 0 Å². The highest BCUT2D eigenvalue weighted by Gasteiger charge is 2.25. The van der Waals surface area contributed by atoms with E-state index >= 15 is 0 Å². The van der Waals surface area contributed by atoms with E-state index in [1.54, 1.807) is 0 Å². The van der Waals surface area contributed by atoms with Crippen LogP contribution in [0.5, 0.6) is 0 Å². The highest BCUT2D eigenvalue weighted by Crippen LogP contribution is 2.09. The van der Waals surface area contributed by atoms with Gasteiger partial charge in [0.2, 0.25) is 0 Å². The van der Waals surface area contributed by atoms with Gasteiger partial charge in [-0.1, -0.05) is 35.4 Å². The summed E-state index contributed by atoms with van der Waals surface area (Å²) in [5.41, 5.74) is 9.44. The molecule has 1 heterocycles. The summed E-state index contributed by atoms with van der Waals surface area (Å²) < 4.78 is 5.15. The number of nitrogens with one attached hydrogen (secondary N) is 2. The maximum absolute atomic E-state index is 11.7. The third kappa shape index (κ3) is 4.15. The quantitative estimate of drug-likeness (QED) is 0.499. The summed E-state index contributed by atoms with van der Waals surface area (Å²) in [6, 6.07) is 9.00. The molecule has 2 rings (SSSR count). The lowest BCUT2D eigenvalue weighted by molar-refractivity contribution is 0.132. The van der Waals surface area contributed by atoms with E-state index in [9.17, 15) is 4.79 Å². The molecule has 0 aromatic heterocycles. The van der Waals surface area contributed by atoms with Crippen molar-refractivity contribution in [3.8, 4) is 0 Å². The van der Waals surface area contributed by atoms with Crippen LogP contribution in [0.4, 0.5) is 4.79 Å². The number of amides is 1. The van der Waals surface area contributed by atoms with E-state index in [-0.39, 0.29) is 18.7 Å². The van der Waals surface area contributed by atoms with Crippen LogP contribution >= 0.6 is 0 Å². The smallest absolute Gasteiger partial charge is 0.407 e. The zero-order valence-electron chi connectivity index (χ0n) is 11.0. The Morgan fingerprint density at radius 2 is 2.30 bits per heavy atom. The molecule has 0 spiro atoms. The summed E-state index contributed by atoms with van der Waals surface area (Å²) in [7, 11) is 0. The van der Waals surface area contributed by atoms with Crippen LogP contribution in [0.1, 0.15) is 12.0 Å². The SMILES string of the molecule is [N-]=[N+]=NC1CNCCC1NC(=O)OCc1ccccc1. The second-order valence-electron chi connectivity index (χ2n) is 4.58. The van der Waals surface area contributed by atoms with Crippen molar-refractivity contribution < 1.29 is 9.53 Å². The van der Waals surface area contributed by atoms with Gasteiger partial charge in [-0.05, 0) is 24.1 Å². The fourth-order valence-electron chi connectivity index (χ4n) is 2.11. The number of azide groups is 1. The average Bonchev–Trinajstić information content (AvgIpc) is 2.49. The summed E-state index contributed by atoms with van der Waals surface area (Å²) in [6.07, 6.45) is 0.225. The van der Waals surface area contributed by atoms with Gasteiger partial charge in [0.15, 0.2) is 0 Å². The second kappa shape index (κ2) is 7.37. The molecule has 2 N–H and O–H groups in total. The minimum Gasteiger partial charge on any atom is -0.445 e. The predicted molar refractivity (Wildman–Crippen MR) is 74.0 cm³/mol. The fourth-order valence-corrected chi connectivity index (χ4v) is 2.11. The van der Waals surface area contributed by atoms with Gasteiger partial charge in [0, 0.05) is 17.5 Å². The van der Waals surface area contributed by atoms with Crippen molar-refractivity contribution in [2.75, 3.05) is 13.1 Å². The third-order valence-electron chi connectivity index (χ3n) is 3.17. The predicted octanol–water partition coefficient (Wildman–Crippen LogP) is 1.95. The van der Waals surface area contributed by atoms with Gasteiger partial charge < -0.3 is 15.4 Å². The van der Waals surface area contributed by atoms with E-state index < -0.39 is 6.09 Å². The van der Waals surface area contributed by atoms with E-state index in [0.717, 1.165) is 12.1 Å². The van der Waals surface area contributed by atoms with Crippen molar-refractivity contribution in [1.29, 1.82) is 0 Å². The number of alkyl carbamates (subject to hydrolysis) is 1. The lowest BCUT2D eigenvalue weighted by Crippen LogP contribution is -2.51. The molecule has 1 aromatic rings. The summed E-state index contributed by atoms with van der Waals surface area (Å²) in [4.78, 5) is 14.5. The van der Waals surface area contributed by atoms with E-state index in [2.05, 4.69) is 20.7 Å². The molecular formula is C13H17N5O2. The summed E-state index contributed by atoms with van der Waals surface area (Å²) in [5, 5.41) is 9.57. The van der Waals surface area contributed by atoms with Crippen molar-refractivity contribution >= 4 is 6.09 Å². The molecule has 1 aromatic carbocycles. The van der Waals surface area contributed by atoms with Crippen LogP contribution in [0.2, 0.25) is 0 Å². The molecule has 0 aliphatic carbocycles. The Morgan fingerprint density at radius 3 is 3.05 bits per heavy atom. The molecule has 2 unspecified atom stereocenters. The maximum Gasteiger partial charge on any atom is 0.407 e. The van der Waals surface area contributed by atoms with Gasteiger partial charge in [0.25, 0.3) is 0 Å². The van der Waals surface area contributed by atoms with Gasteiger partial charge in [0.05, 0.1) is 6.04 Å². The Hall–Kier alpha value is -2.24.